The molecule has 8 heteroatoms. The van der Waals surface area contributed by atoms with Crippen LogP contribution >= 0.6 is 0 Å². The number of esters is 2. The summed E-state index contributed by atoms with van der Waals surface area (Å²) in [6.07, 6.45) is 0. The Kier molecular flexibility index (Phi) is 9.72. The number of nitrogens with two attached hydrogens (primary N) is 2. The molecule has 0 aromatic heterocycles. The van der Waals surface area contributed by atoms with Crippen LogP contribution in [0.15, 0.2) is 84.9 Å². The first kappa shape index (κ1) is 32.2. The van der Waals surface area contributed by atoms with Crippen LogP contribution in [0.1, 0.15) is 52.7 Å². The van der Waals surface area contributed by atoms with Crippen LogP contribution in [0.5, 0.6) is 0 Å². The third-order valence-corrected chi connectivity index (χ3v) is 6.75. The number of nitrogen functional groups attached to an aromatic ring is 2. The van der Waals surface area contributed by atoms with Crippen LogP contribution in [0.2, 0.25) is 0 Å². The molecule has 0 aliphatic carbocycles. The summed E-state index contributed by atoms with van der Waals surface area (Å²) in [5, 5.41) is 1.88. The average molecular weight is 597 g/mol. The predicted molar refractivity (Wildman–Crippen MR) is 179 cm³/mol. The van der Waals surface area contributed by atoms with E-state index in [0.717, 1.165) is 33.3 Å². The summed E-state index contributed by atoms with van der Waals surface area (Å²) >= 11 is 0. The molecule has 0 saturated carbocycles. The first-order valence-corrected chi connectivity index (χ1v) is 14.8. The summed E-state index contributed by atoms with van der Waals surface area (Å²) in [6.45, 7) is 12.2. The van der Waals surface area contributed by atoms with Crippen molar-refractivity contribution in [3.63, 3.8) is 0 Å². The molecule has 44 heavy (non-hydrogen) atoms. The van der Waals surface area contributed by atoms with Crippen molar-refractivity contribution < 1.29 is 19.1 Å². The lowest BCUT2D eigenvalue weighted by Crippen LogP contribution is -2.35. The van der Waals surface area contributed by atoms with E-state index in [1.54, 1.807) is 0 Å². The normalized spacial score (nSPS) is 11.7. The second-order valence-electron chi connectivity index (χ2n) is 13.0. The van der Waals surface area contributed by atoms with Gasteiger partial charge < -0.3 is 30.7 Å². The average Bonchev–Trinajstić information content (AvgIpc) is 2.92. The van der Waals surface area contributed by atoms with Gasteiger partial charge in [-0.25, -0.2) is 0 Å². The monoisotopic (exact) mass is 596 g/mol. The van der Waals surface area contributed by atoms with Crippen LogP contribution in [0, 0.1) is 0 Å². The Labute approximate surface area is 260 Å². The van der Waals surface area contributed by atoms with Crippen molar-refractivity contribution in [2.75, 3.05) is 34.4 Å². The molecule has 0 aliphatic heterocycles. The molecule has 0 fully saturated rings. The number of rotatable bonds is 10. The number of benzene rings is 4. The highest BCUT2D eigenvalue weighted by atomic mass is 16.6. The summed E-state index contributed by atoms with van der Waals surface area (Å²) in [5.41, 5.74) is 15.8. The number of hydrogen-bond acceptors (Lipinski definition) is 8. The van der Waals surface area contributed by atoms with Crippen LogP contribution in [0.4, 0.5) is 22.7 Å². The molecule has 0 bridgehead atoms. The molecule has 232 valence electrons. The van der Waals surface area contributed by atoms with Gasteiger partial charge in [0.05, 0.1) is 0 Å². The number of carbonyl (C=O) groups is 2. The Hall–Kier alpha value is -4.72. The predicted octanol–water partition coefficient (Wildman–Crippen LogP) is 6.70. The van der Waals surface area contributed by atoms with E-state index < -0.39 is 11.2 Å². The van der Waals surface area contributed by atoms with E-state index in [1.165, 1.54) is 0 Å². The fraction of sp³-hybridized carbons (Fsp3) is 0.333. The number of anilines is 4. The largest absolute Gasteiger partial charge is 0.459 e. The van der Waals surface area contributed by atoms with Gasteiger partial charge in [0.1, 0.15) is 24.3 Å². The van der Waals surface area contributed by atoms with E-state index in [4.69, 9.17) is 20.9 Å². The fourth-order valence-corrected chi connectivity index (χ4v) is 5.02. The molecule has 4 rings (SSSR count). The molecule has 4 N–H and O–H groups in total. The molecule has 0 unspecified atom stereocenters. The van der Waals surface area contributed by atoms with E-state index in [2.05, 4.69) is 0 Å². The smallest absolute Gasteiger partial charge is 0.326 e. The van der Waals surface area contributed by atoms with Crippen molar-refractivity contribution in [1.82, 2.24) is 0 Å². The zero-order valence-electron chi connectivity index (χ0n) is 26.6. The Morgan fingerprint density at radius 3 is 1.23 bits per heavy atom. The van der Waals surface area contributed by atoms with Crippen molar-refractivity contribution >= 4 is 45.5 Å². The maximum Gasteiger partial charge on any atom is 0.326 e. The molecule has 0 atom stereocenters. The van der Waals surface area contributed by atoms with E-state index >= 15 is 0 Å². The highest BCUT2D eigenvalue weighted by Gasteiger charge is 2.24. The van der Waals surface area contributed by atoms with E-state index in [0.29, 0.717) is 24.5 Å². The van der Waals surface area contributed by atoms with E-state index in [-0.39, 0.29) is 25.0 Å². The maximum absolute atomic E-state index is 13.1. The third-order valence-electron chi connectivity index (χ3n) is 6.75. The SMILES string of the molecule is CC(C)(C)OC(=O)CN(Cc1ccc(N)cc1)c1ccc(N(CC(=O)OC(C)(C)C)Cc2ccc(N)cc2)c2ccccc12. The zero-order valence-corrected chi connectivity index (χ0v) is 26.6. The van der Waals surface area contributed by atoms with Crippen LogP contribution in [0.3, 0.4) is 0 Å². The zero-order chi connectivity index (χ0) is 32.1. The highest BCUT2D eigenvalue weighted by molar-refractivity contribution is 6.03. The van der Waals surface area contributed by atoms with Gasteiger partial charge >= 0.3 is 11.9 Å². The van der Waals surface area contributed by atoms with Gasteiger partial charge in [0.2, 0.25) is 0 Å². The van der Waals surface area contributed by atoms with Crippen molar-refractivity contribution in [3.8, 4) is 0 Å². The number of fused-ring (bicyclic) bond motifs is 1. The lowest BCUT2D eigenvalue weighted by Gasteiger charge is -2.31. The summed E-state index contributed by atoms with van der Waals surface area (Å²) in [4.78, 5) is 30.3. The second kappa shape index (κ2) is 13.3. The first-order chi connectivity index (χ1) is 20.7. The van der Waals surface area contributed by atoms with Gasteiger partial charge in [-0.1, -0.05) is 48.5 Å². The topological polar surface area (TPSA) is 111 Å². The van der Waals surface area contributed by atoms with Gasteiger partial charge in [-0.05, 0) is 89.1 Å². The quantitative estimate of drug-likeness (QED) is 0.154. The van der Waals surface area contributed by atoms with Gasteiger partial charge in [-0.3, -0.25) is 9.59 Å². The molecule has 0 radical (unpaired) electrons. The first-order valence-electron chi connectivity index (χ1n) is 14.8. The van der Waals surface area contributed by atoms with Crippen molar-refractivity contribution in [2.24, 2.45) is 0 Å². The molecule has 0 aliphatic rings. The summed E-state index contributed by atoms with van der Waals surface area (Å²) in [6, 6.07) is 27.3. The molecule has 4 aromatic carbocycles. The number of hydrogen-bond donors (Lipinski definition) is 2. The lowest BCUT2D eigenvalue weighted by molar-refractivity contribution is -0.154. The molecule has 4 aromatic rings. The minimum Gasteiger partial charge on any atom is -0.459 e. The van der Waals surface area contributed by atoms with E-state index in [1.807, 2.05) is 136 Å². The Morgan fingerprint density at radius 1 is 0.568 bits per heavy atom. The summed E-state index contributed by atoms with van der Waals surface area (Å²) in [5.74, 6) is -0.646. The molecular formula is C36H44N4O4. The molecule has 0 amide bonds. The Bertz CT molecular complexity index is 1470. The number of ether oxygens (including phenoxy) is 2. The van der Waals surface area contributed by atoms with Gasteiger partial charge in [-0.15, -0.1) is 0 Å². The molecular weight excluding hydrogens is 552 g/mol. The lowest BCUT2D eigenvalue weighted by atomic mass is 10.0. The van der Waals surface area contributed by atoms with Gasteiger partial charge in [0.25, 0.3) is 0 Å². The fourth-order valence-electron chi connectivity index (χ4n) is 5.02. The standard InChI is InChI=1S/C36H44N4O4/c1-35(2,3)43-33(41)23-39(21-25-11-15-27(37)16-12-25)31-19-20-32(30-10-8-7-9-29(30)31)40(24-34(42)44-36(4,5)6)22-26-13-17-28(38)18-14-26/h7-20H,21-24,37-38H2,1-6H3. The second-order valence-corrected chi connectivity index (χ2v) is 13.0. The van der Waals surface area contributed by atoms with E-state index in [9.17, 15) is 9.59 Å². The molecule has 0 spiro atoms. The van der Waals surface area contributed by atoms with Crippen molar-refractivity contribution in [3.05, 3.63) is 96.1 Å². The Balaban J connectivity index is 1.78. The summed E-state index contributed by atoms with van der Waals surface area (Å²) in [7, 11) is 0. The summed E-state index contributed by atoms with van der Waals surface area (Å²) < 4.78 is 11.4. The number of nitrogens with zero attached hydrogens (tertiary/aromatic N) is 2. The van der Waals surface area contributed by atoms with Gasteiger partial charge in [-0.2, -0.15) is 0 Å². The van der Waals surface area contributed by atoms with Crippen molar-refractivity contribution in [2.45, 2.75) is 65.8 Å². The Morgan fingerprint density at radius 2 is 0.909 bits per heavy atom. The van der Waals surface area contributed by atoms with Gasteiger partial charge in [0.15, 0.2) is 0 Å². The minimum atomic E-state index is -0.611. The molecule has 8 nitrogen and oxygen atoms in total. The van der Waals surface area contributed by atoms with Crippen LogP contribution in [0.25, 0.3) is 10.8 Å². The van der Waals surface area contributed by atoms with Crippen molar-refractivity contribution in [1.29, 1.82) is 0 Å². The molecule has 0 heterocycles. The van der Waals surface area contributed by atoms with Crippen LogP contribution in [-0.4, -0.2) is 36.2 Å². The number of carbonyl (C=O) groups excluding carboxylic acids is 2. The van der Waals surface area contributed by atoms with Crippen LogP contribution in [-0.2, 0) is 32.2 Å². The molecule has 0 saturated heterocycles. The minimum absolute atomic E-state index is 0.0536. The van der Waals surface area contributed by atoms with Gasteiger partial charge in [0, 0.05) is 46.6 Å². The third kappa shape index (κ3) is 9.14. The highest BCUT2D eigenvalue weighted by Crippen LogP contribution is 2.36. The maximum atomic E-state index is 13.1. The van der Waals surface area contributed by atoms with Crippen LogP contribution < -0.4 is 21.3 Å².